The minimum absolute atomic E-state index is 0. The first-order chi connectivity index (χ1) is 29.7. The predicted molar refractivity (Wildman–Crippen MR) is 264 cm³/mol. The average Bonchev–Trinajstić information content (AvgIpc) is 3.24. The molecule has 9 heteroatoms. The number of anilines is 2. The number of ether oxygens (including phenoxy) is 2. The molecule has 2 N–H and O–H groups in total. The molecule has 61 heavy (non-hydrogen) atoms. The molecule has 0 saturated heterocycles. The number of esters is 2. The second kappa shape index (κ2) is 39.2. The number of rotatable bonds is 45. The van der Waals surface area contributed by atoms with Crippen LogP contribution < -0.4 is 21.5 Å². The molecule has 0 unspecified atom stereocenters. The van der Waals surface area contributed by atoms with Gasteiger partial charge in [0.05, 0.1) is 13.2 Å². The highest BCUT2D eigenvalue weighted by molar-refractivity contribution is 5.74. The Balaban J connectivity index is 0. The van der Waals surface area contributed by atoms with Crippen molar-refractivity contribution in [1.82, 2.24) is 4.90 Å². The monoisotopic (exact) mass is 864 g/mol. The maximum absolute atomic E-state index is 12.7. The number of carbonyl (C=O) groups is 2. The first-order valence-corrected chi connectivity index (χ1v) is 26.0. The number of nitrogens with one attached hydrogen (secondary N) is 2. The fourth-order valence-electron chi connectivity index (χ4n) is 8.60. The van der Waals surface area contributed by atoms with Crippen LogP contribution in [0.2, 0.25) is 0 Å². The molecule has 0 radical (unpaired) electrons. The van der Waals surface area contributed by atoms with E-state index in [0.717, 1.165) is 103 Å². The van der Waals surface area contributed by atoms with Gasteiger partial charge >= 0.3 is 11.9 Å². The fraction of sp³-hybridized carbons (Fsp3) is 0.885. The van der Waals surface area contributed by atoms with E-state index in [1.54, 1.807) is 0 Å². The summed E-state index contributed by atoms with van der Waals surface area (Å²) in [6.07, 6.45) is 36.1. The lowest BCUT2D eigenvalue weighted by molar-refractivity contribution is -0.145. The van der Waals surface area contributed by atoms with E-state index in [2.05, 4.69) is 43.2 Å². The number of hydrogen-bond acceptors (Lipinski definition) is 9. The Kier molecular flexibility index (Phi) is 36.4. The van der Waals surface area contributed by atoms with E-state index in [0.29, 0.717) is 55.8 Å². The summed E-state index contributed by atoms with van der Waals surface area (Å²) in [5.41, 5.74) is 0.0736. The zero-order valence-electron chi connectivity index (χ0n) is 40.8. The molecule has 0 bridgehead atoms. The zero-order valence-corrected chi connectivity index (χ0v) is 40.8. The van der Waals surface area contributed by atoms with Gasteiger partial charge in [-0.05, 0) is 77.4 Å². The SMILES string of the molecule is CCCCCC(CCCCC)CCOC(=O)CCCCCCCC(CCCCCCCC(=O)OCCC(CCCCC)CCCCC)Nc1c(NCCCN(C)C)c(=O)c1=O.[HH].[HH]. The van der Waals surface area contributed by atoms with Gasteiger partial charge in [0.15, 0.2) is 0 Å². The standard InChI is InChI=1S/C52H97N3O6.2H2/c1-7-11-21-30-44(31-22-12-8-2)38-42-60-47(56)36-27-19-15-17-25-34-46(54-50-49(51(58)52(50)59)53-40-29-41-55(5)6)35-26-18-16-20-28-37-48(57)61-43-39-45(32-23-13-9-3)33-24-14-10-4;;/h44-46,53-54H,7-43H2,1-6H3;2*1H. The van der Waals surface area contributed by atoms with Gasteiger partial charge in [-0.25, -0.2) is 0 Å². The molecule has 1 aromatic rings. The van der Waals surface area contributed by atoms with Crippen LogP contribution in [0.1, 0.15) is 242 Å². The van der Waals surface area contributed by atoms with Crippen molar-refractivity contribution in [3.63, 3.8) is 0 Å². The summed E-state index contributed by atoms with van der Waals surface area (Å²) in [4.78, 5) is 52.2. The summed E-state index contributed by atoms with van der Waals surface area (Å²) >= 11 is 0. The van der Waals surface area contributed by atoms with Gasteiger partial charge in [0, 0.05) is 28.3 Å². The quantitative estimate of drug-likeness (QED) is 0.0376. The Labute approximate surface area is 378 Å². The highest BCUT2D eigenvalue weighted by Crippen LogP contribution is 2.24. The third-order valence-corrected chi connectivity index (χ3v) is 12.7. The lowest BCUT2D eigenvalue weighted by Gasteiger charge is -2.23. The van der Waals surface area contributed by atoms with Gasteiger partial charge in [-0.2, -0.15) is 0 Å². The van der Waals surface area contributed by atoms with Crippen LogP contribution in [-0.4, -0.2) is 63.3 Å². The van der Waals surface area contributed by atoms with Crippen molar-refractivity contribution in [3.8, 4) is 0 Å². The molecular weight excluding hydrogens is 763 g/mol. The minimum Gasteiger partial charge on any atom is -0.466 e. The lowest BCUT2D eigenvalue weighted by atomic mass is 9.92. The number of carbonyl (C=O) groups excluding carboxylic acids is 2. The molecule has 0 saturated carbocycles. The summed E-state index contributed by atoms with van der Waals surface area (Å²) in [6.45, 7) is 11.7. The van der Waals surface area contributed by atoms with E-state index in [1.165, 1.54) is 103 Å². The van der Waals surface area contributed by atoms with Crippen molar-refractivity contribution in [2.45, 2.75) is 246 Å². The number of nitrogens with zero attached hydrogens (tertiary/aromatic N) is 1. The van der Waals surface area contributed by atoms with Gasteiger partial charge < -0.3 is 25.0 Å². The van der Waals surface area contributed by atoms with Gasteiger partial charge in [-0.15, -0.1) is 0 Å². The van der Waals surface area contributed by atoms with E-state index in [9.17, 15) is 19.2 Å². The molecule has 1 aromatic carbocycles. The van der Waals surface area contributed by atoms with Crippen LogP contribution in [-0.2, 0) is 19.1 Å². The molecule has 0 fully saturated rings. The van der Waals surface area contributed by atoms with Crippen molar-refractivity contribution in [1.29, 1.82) is 0 Å². The van der Waals surface area contributed by atoms with E-state index < -0.39 is 10.9 Å². The highest BCUT2D eigenvalue weighted by atomic mass is 16.5. The first kappa shape index (κ1) is 56.6. The molecule has 360 valence electrons. The van der Waals surface area contributed by atoms with Crippen LogP contribution in [0.5, 0.6) is 0 Å². The molecule has 0 atom stereocenters. The van der Waals surface area contributed by atoms with Gasteiger partial charge in [-0.1, -0.05) is 182 Å². The zero-order chi connectivity index (χ0) is 44.8. The molecule has 0 amide bonds. The van der Waals surface area contributed by atoms with Gasteiger partial charge in [0.1, 0.15) is 11.4 Å². The van der Waals surface area contributed by atoms with Gasteiger partial charge in [-0.3, -0.25) is 19.2 Å². The molecule has 0 spiro atoms. The van der Waals surface area contributed by atoms with Crippen LogP contribution in [0, 0.1) is 11.8 Å². The van der Waals surface area contributed by atoms with Crippen molar-refractivity contribution < 1.29 is 21.9 Å². The van der Waals surface area contributed by atoms with E-state index in [1.807, 2.05) is 14.1 Å². The predicted octanol–water partition coefficient (Wildman–Crippen LogP) is 13.8. The summed E-state index contributed by atoms with van der Waals surface area (Å²) < 4.78 is 11.3. The molecule has 0 aliphatic carbocycles. The third kappa shape index (κ3) is 30.3. The number of hydrogen-bond donors (Lipinski definition) is 2. The van der Waals surface area contributed by atoms with Crippen LogP contribution in [0.15, 0.2) is 9.59 Å². The largest absolute Gasteiger partial charge is 0.466 e. The van der Waals surface area contributed by atoms with Crippen molar-refractivity contribution in [3.05, 3.63) is 20.4 Å². The average molecular weight is 864 g/mol. The Morgan fingerprint density at radius 2 is 0.869 bits per heavy atom. The second-order valence-electron chi connectivity index (χ2n) is 18.7. The smallest absolute Gasteiger partial charge is 0.305 e. The van der Waals surface area contributed by atoms with Gasteiger partial charge in [0.2, 0.25) is 0 Å². The molecule has 1 rings (SSSR count). The maximum atomic E-state index is 12.7. The van der Waals surface area contributed by atoms with E-state index >= 15 is 0 Å². The van der Waals surface area contributed by atoms with E-state index in [-0.39, 0.29) is 20.8 Å². The topological polar surface area (TPSA) is 114 Å². The van der Waals surface area contributed by atoms with Crippen molar-refractivity contribution in [2.75, 3.05) is 51.0 Å². The number of unbranched alkanes of at least 4 members (excludes halogenated alkanes) is 16. The van der Waals surface area contributed by atoms with Crippen LogP contribution in [0.4, 0.5) is 11.4 Å². The van der Waals surface area contributed by atoms with Gasteiger partial charge in [0.25, 0.3) is 10.9 Å². The van der Waals surface area contributed by atoms with Crippen LogP contribution in [0.25, 0.3) is 0 Å². The Bertz CT molecular complexity index is 1200. The highest BCUT2D eigenvalue weighted by Gasteiger charge is 2.23. The maximum Gasteiger partial charge on any atom is 0.305 e. The van der Waals surface area contributed by atoms with Crippen molar-refractivity contribution >= 4 is 23.3 Å². The van der Waals surface area contributed by atoms with Crippen LogP contribution >= 0.6 is 0 Å². The molecule has 0 aliphatic heterocycles. The Hall–Kier alpha value is -2.42. The fourth-order valence-corrected chi connectivity index (χ4v) is 8.60. The Morgan fingerprint density at radius 3 is 1.28 bits per heavy atom. The molecule has 9 nitrogen and oxygen atoms in total. The third-order valence-electron chi connectivity index (χ3n) is 12.7. The second-order valence-corrected chi connectivity index (χ2v) is 18.7. The first-order valence-electron chi connectivity index (χ1n) is 26.0. The minimum atomic E-state index is -0.416. The summed E-state index contributed by atoms with van der Waals surface area (Å²) in [5, 5.41) is 6.72. The molecule has 0 aromatic heterocycles. The van der Waals surface area contributed by atoms with Crippen LogP contribution in [0.3, 0.4) is 0 Å². The van der Waals surface area contributed by atoms with Crippen molar-refractivity contribution in [2.24, 2.45) is 11.8 Å². The lowest BCUT2D eigenvalue weighted by Crippen LogP contribution is -2.40. The molecular formula is C52H101N3O6. The molecule has 0 heterocycles. The summed E-state index contributed by atoms with van der Waals surface area (Å²) in [7, 11) is 4.06. The van der Waals surface area contributed by atoms with E-state index in [4.69, 9.17) is 9.47 Å². The summed E-state index contributed by atoms with van der Waals surface area (Å²) in [6, 6.07) is 0.121. The summed E-state index contributed by atoms with van der Waals surface area (Å²) in [5.74, 6) is 1.24. The molecule has 0 aliphatic rings. The normalized spacial score (nSPS) is 11.8. The Morgan fingerprint density at radius 1 is 0.492 bits per heavy atom.